The van der Waals surface area contributed by atoms with Crippen molar-refractivity contribution in [1.82, 2.24) is 10.3 Å². The Hall–Kier alpha value is -1.58. The van der Waals surface area contributed by atoms with E-state index in [4.69, 9.17) is 4.74 Å². The highest BCUT2D eigenvalue weighted by atomic mass is 16.5. The number of hydrogen-bond donors (Lipinski definition) is 1. The predicted octanol–water partition coefficient (Wildman–Crippen LogP) is 1.43. The molecule has 1 aliphatic carbocycles. The topological polar surface area (TPSA) is 46.5 Å². The molecule has 1 atom stereocenters. The molecule has 0 radical (unpaired) electrons. The van der Waals surface area contributed by atoms with Crippen molar-refractivity contribution in [3.8, 4) is 0 Å². The minimum atomic E-state index is 0.266. The van der Waals surface area contributed by atoms with Crippen molar-refractivity contribution in [2.24, 2.45) is 4.99 Å². The highest BCUT2D eigenvalue weighted by Crippen LogP contribution is 2.27. The van der Waals surface area contributed by atoms with Crippen LogP contribution in [0.3, 0.4) is 0 Å². The Morgan fingerprint density at radius 3 is 3.31 bits per heavy atom. The van der Waals surface area contributed by atoms with Crippen LogP contribution >= 0.6 is 0 Å². The molecule has 1 N–H and O–H groups in total. The molecule has 2 aliphatic rings. The second-order valence-electron chi connectivity index (χ2n) is 4.17. The number of amidine groups is 1. The first-order valence-electron chi connectivity index (χ1n) is 5.81. The van der Waals surface area contributed by atoms with Crippen LogP contribution in [0.1, 0.15) is 30.1 Å². The minimum absolute atomic E-state index is 0.266. The van der Waals surface area contributed by atoms with Crippen molar-refractivity contribution in [2.45, 2.75) is 25.3 Å². The lowest BCUT2D eigenvalue weighted by molar-refractivity contribution is 0.320. The number of rotatable bonds is 1. The van der Waals surface area contributed by atoms with Crippen LogP contribution in [0.5, 0.6) is 0 Å². The molecular weight excluding hydrogens is 202 g/mol. The van der Waals surface area contributed by atoms with E-state index in [0.29, 0.717) is 12.6 Å². The fourth-order valence-electron chi connectivity index (χ4n) is 2.32. The number of aliphatic imine (C=N–C) groups is 1. The van der Waals surface area contributed by atoms with Gasteiger partial charge in [0.15, 0.2) is 0 Å². The molecule has 84 valence electrons. The highest BCUT2D eigenvalue weighted by molar-refractivity contribution is 5.75. The van der Waals surface area contributed by atoms with Crippen molar-refractivity contribution in [3.63, 3.8) is 0 Å². The summed E-state index contributed by atoms with van der Waals surface area (Å²) in [5, 5.41) is 3.34. The molecule has 0 spiro atoms. The van der Waals surface area contributed by atoms with Gasteiger partial charge in [-0.3, -0.25) is 4.98 Å². The van der Waals surface area contributed by atoms with Gasteiger partial charge in [-0.05, 0) is 30.9 Å². The van der Waals surface area contributed by atoms with Crippen molar-refractivity contribution in [1.29, 1.82) is 0 Å². The number of fused-ring (bicyclic) bond motifs is 1. The first kappa shape index (κ1) is 9.63. The van der Waals surface area contributed by atoms with Crippen LogP contribution in [-0.4, -0.2) is 24.2 Å². The molecule has 16 heavy (non-hydrogen) atoms. The fourth-order valence-corrected chi connectivity index (χ4v) is 2.32. The normalized spacial score (nSPS) is 23.2. The van der Waals surface area contributed by atoms with Gasteiger partial charge in [0.2, 0.25) is 0 Å². The number of hydrogen-bond acceptors (Lipinski definition) is 4. The van der Waals surface area contributed by atoms with Crippen LogP contribution < -0.4 is 5.32 Å². The zero-order valence-electron chi connectivity index (χ0n) is 9.15. The second kappa shape index (κ2) is 4.12. The van der Waals surface area contributed by atoms with Gasteiger partial charge >= 0.3 is 0 Å². The minimum Gasteiger partial charge on any atom is -0.463 e. The van der Waals surface area contributed by atoms with Gasteiger partial charge in [-0.15, -0.1) is 0 Å². The highest BCUT2D eigenvalue weighted by Gasteiger charge is 2.23. The van der Waals surface area contributed by atoms with Gasteiger partial charge < -0.3 is 10.1 Å². The van der Waals surface area contributed by atoms with Gasteiger partial charge in [0.25, 0.3) is 6.02 Å². The Morgan fingerprint density at radius 1 is 1.44 bits per heavy atom. The lowest BCUT2D eigenvalue weighted by Crippen LogP contribution is -2.31. The van der Waals surface area contributed by atoms with E-state index >= 15 is 0 Å². The van der Waals surface area contributed by atoms with Gasteiger partial charge in [0.05, 0.1) is 18.3 Å². The molecule has 3 rings (SSSR count). The summed E-state index contributed by atoms with van der Waals surface area (Å²) in [6.45, 7) is 1.47. The summed E-state index contributed by atoms with van der Waals surface area (Å²) in [5.74, 6) is 0. The van der Waals surface area contributed by atoms with E-state index in [-0.39, 0.29) is 6.04 Å². The molecule has 0 saturated heterocycles. The zero-order valence-corrected chi connectivity index (χ0v) is 9.15. The molecule has 2 heterocycles. The number of ether oxygens (including phenoxy) is 1. The predicted molar refractivity (Wildman–Crippen MR) is 61.3 cm³/mol. The molecule has 1 aliphatic heterocycles. The first-order chi connectivity index (χ1) is 7.93. The largest absolute Gasteiger partial charge is 0.463 e. The summed E-state index contributed by atoms with van der Waals surface area (Å²) in [4.78, 5) is 8.73. The molecule has 4 nitrogen and oxygen atoms in total. The molecule has 0 unspecified atom stereocenters. The average molecular weight is 217 g/mol. The second-order valence-corrected chi connectivity index (χ2v) is 4.17. The van der Waals surface area contributed by atoms with Crippen molar-refractivity contribution >= 4 is 6.02 Å². The van der Waals surface area contributed by atoms with E-state index < -0.39 is 0 Å². The summed E-state index contributed by atoms with van der Waals surface area (Å²) in [7, 11) is 0. The van der Waals surface area contributed by atoms with Crippen molar-refractivity contribution in [3.05, 3.63) is 29.6 Å². The number of aromatic nitrogens is 1. The van der Waals surface area contributed by atoms with Crippen molar-refractivity contribution in [2.75, 3.05) is 13.2 Å². The van der Waals surface area contributed by atoms with Crippen LogP contribution in [0, 0.1) is 0 Å². The van der Waals surface area contributed by atoms with E-state index in [1.54, 1.807) is 0 Å². The average Bonchev–Trinajstić information content (AvgIpc) is 2.82. The fraction of sp³-hybridized carbons (Fsp3) is 0.500. The maximum absolute atomic E-state index is 5.38. The molecule has 0 saturated carbocycles. The molecule has 0 amide bonds. The van der Waals surface area contributed by atoms with E-state index in [9.17, 15) is 0 Å². The molecule has 0 fully saturated rings. The third-order valence-corrected chi connectivity index (χ3v) is 3.08. The van der Waals surface area contributed by atoms with Gasteiger partial charge in [0, 0.05) is 6.20 Å². The Labute approximate surface area is 94.8 Å². The van der Waals surface area contributed by atoms with Crippen LogP contribution in [0.4, 0.5) is 0 Å². The monoisotopic (exact) mass is 217 g/mol. The molecular formula is C12H15N3O. The van der Waals surface area contributed by atoms with Gasteiger partial charge in [0.1, 0.15) is 6.61 Å². The van der Waals surface area contributed by atoms with Gasteiger partial charge in [-0.2, -0.15) is 0 Å². The lowest BCUT2D eigenvalue weighted by Gasteiger charge is -2.25. The number of pyridine rings is 1. The first-order valence-corrected chi connectivity index (χ1v) is 5.81. The number of nitrogens with one attached hydrogen (secondary N) is 1. The third-order valence-electron chi connectivity index (χ3n) is 3.08. The van der Waals surface area contributed by atoms with Crippen LogP contribution in [0.25, 0.3) is 0 Å². The SMILES string of the molecule is c1cnc2c(c1)CCC[C@@H]2NC1=NCCO1. The Kier molecular flexibility index (Phi) is 2.48. The Bertz CT molecular complexity index is 416. The summed E-state index contributed by atoms with van der Waals surface area (Å²) in [6.07, 6.45) is 5.29. The quantitative estimate of drug-likeness (QED) is 0.774. The zero-order chi connectivity index (χ0) is 10.8. The smallest absolute Gasteiger partial charge is 0.285 e. The van der Waals surface area contributed by atoms with E-state index in [0.717, 1.165) is 25.1 Å². The van der Waals surface area contributed by atoms with Crippen LogP contribution in [-0.2, 0) is 11.2 Å². The van der Waals surface area contributed by atoms with E-state index in [1.165, 1.54) is 12.0 Å². The molecule has 0 aromatic carbocycles. The number of nitrogens with zero attached hydrogens (tertiary/aromatic N) is 2. The summed E-state index contributed by atoms with van der Waals surface area (Å²) in [5.41, 5.74) is 2.51. The summed E-state index contributed by atoms with van der Waals surface area (Å²) < 4.78 is 5.38. The van der Waals surface area contributed by atoms with E-state index in [2.05, 4.69) is 21.4 Å². The van der Waals surface area contributed by atoms with Gasteiger partial charge in [-0.25, -0.2) is 4.99 Å². The van der Waals surface area contributed by atoms with Gasteiger partial charge in [-0.1, -0.05) is 6.07 Å². The lowest BCUT2D eigenvalue weighted by atomic mass is 9.92. The Morgan fingerprint density at radius 2 is 2.44 bits per heavy atom. The maximum Gasteiger partial charge on any atom is 0.285 e. The van der Waals surface area contributed by atoms with Crippen molar-refractivity contribution < 1.29 is 4.74 Å². The molecule has 0 bridgehead atoms. The molecule has 4 heteroatoms. The van der Waals surface area contributed by atoms with E-state index in [1.807, 2.05) is 12.3 Å². The molecule has 1 aromatic rings. The Balaban J connectivity index is 1.81. The number of aryl methyl sites for hydroxylation is 1. The standard InChI is InChI=1S/C12H15N3O/c1-3-9-4-2-6-13-11(9)10(5-1)15-12-14-7-8-16-12/h2,4,6,10H,1,3,5,7-8H2,(H,14,15)/t10-/m0/s1. The summed E-state index contributed by atoms with van der Waals surface area (Å²) >= 11 is 0. The van der Waals surface area contributed by atoms with Crippen LogP contribution in [0.2, 0.25) is 0 Å². The third kappa shape index (κ3) is 1.75. The maximum atomic E-state index is 5.38. The van der Waals surface area contributed by atoms with Crippen LogP contribution in [0.15, 0.2) is 23.3 Å². The summed E-state index contributed by atoms with van der Waals surface area (Å²) in [6, 6.07) is 5.11. The molecule has 1 aromatic heterocycles.